The van der Waals surface area contributed by atoms with Gasteiger partial charge in [0, 0.05) is 4.88 Å². The van der Waals surface area contributed by atoms with Crippen LogP contribution < -0.4 is 5.32 Å². The van der Waals surface area contributed by atoms with Gasteiger partial charge in [-0.25, -0.2) is 0 Å². The summed E-state index contributed by atoms with van der Waals surface area (Å²) in [6, 6.07) is 2.08. The number of fused-ring (bicyclic) bond motifs is 1. The summed E-state index contributed by atoms with van der Waals surface area (Å²) in [7, 11) is 0. The average molecular weight is 267 g/mol. The van der Waals surface area contributed by atoms with Crippen LogP contribution in [0.15, 0.2) is 11.4 Å². The number of aryl methyl sites for hydroxylation is 1. The molecule has 0 saturated heterocycles. The fraction of sp³-hybridized carbons (Fsp3) is 0.643. The van der Waals surface area contributed by atoms with Crippen molar-refractivity contribution in [2.24, 2.45) is 0 Å². The van der Waals surface area contributed by atoms with Crippen molar-refractivity contribution in [2.45, 2.75) is 51.0 Å². The number of aliphatic hydroxyl groups excluding tert-OH is 1. The average Bonchev–Trinajstić information content (AvgIpc) is 2.86. The van der Waals surface area contributed by atoms with Crippen molar-refractivity contribution in [3.05, 3.63) is 21.9 Å². The number of amides is 1. The van der Waals surface area contributed by atoms with E-state index in [-0.39, 0.29) is 18.4 Å². The molecular formula is C14H21NO2S. The lowest BCUT2D eigenvalue weighted by Gasteiger charge is -2.31. The maximum Gasteiger partial charge on any atom is 0.228 e. The van der Waals surface area contributed by atoms with Crippen LogP contribution in [0.2, 0.25) is 0 Å². The van der Waals surface area contributed by atoms with E-state index in [1.807, 2.05) is 13.8 Å². The summed E-state index contributed by atoms with van der Waals surface area (Å²) in [6.45, 7) is 3.86. The molecule has 1 aromatic heterocycles. The first kappa shape index (κ1) is 13.6. The zero-order chi connectivity index (χ0) is 13.2. The molecule has 1 heterocycles. The van der Waals surface area contributed by atoms with Crippen molar-refractivity contribution in [1.29, 1.82) is 0 Å². The van der Waals surface area contributed by atoms with Crippen LogP contribution >= 0.6 is 11.3 Å². The monoisotopic (exact) mass is 267 g/mol. The Balaban J connectivity index is 2.12. The molecule has 0 spiro atoms. The number of carbonyl (C=O) groups excluding carboxylic acids is 1. The molecule has 1 aromatic rings. The Morgan fingerprint density at radius 2 is 2.44 bits per heavy atom. The van der Waals surface area contributed by atoms with Crippen molar-refractivity contribution in [2.75, 3.05) is 6.61 Å². The summed E-state index contributed by atoms with van der Waals surface area (Å²) in [4.78, 5) is 13.7. The van der Waals surface area contributed by atoms with Crippen LogP contribution in [0.25, 0.3) is 0 Å². The molecule has 2 unspecified atom stereocenters. The Bertz CT molecular complexity index is 423. The summed E-state index contributed by atoms with van der Waals surface area (Å²) < 4.78 is 0. The first-order chi connectivity index (χ1) is 8.59. The highest BCUT2D eigenvalue weighted by molar-refractivity contribution is 7.10. The van der Waals surface area contributed by atoms with Gasteiger partial charge in [0.2, 0.25) is 5.91 Å². The molecule has 2 N–H and O–H groups in total. The second kappa shape index (κ2) is 5.41. The van der Waals surface area contributed by atoms with Gasteiger partial charge in [-0.05, 0) is 49.6 Å². The molecular weight excluding hydrogens is 246 g/mol. The maximum absolute atomic E-state index is 12.4. The van der Waals surface area contributed by atoms with Gasteiger partial charge >= 0.3 is 0 Å². The third kappa shape index (κ3) is 2.59. The second-order valence-corrected chi connectivity index (χ2v) is 6.31. The van der Waals surface area contributed by atoms with E-state index in [9.17, 15) is 9.90 Å². The van der Waals surface area contributed by atoms with Gasteiger partial charge in [0.15, 0.2) is 0 Å². The van der Waals surface area contributed by atoms with Gasteiger partial charge in [-0.15, -0.1) is 11.3 Å². The molecule has 2 rings (SSSR count). The lowest BCUT2D eigenvalue weighted by Crippen LogP contribution is -2.50. The SMILES string of the molecule is CCC(C)(CO)NC(=O)C1CCCc2sccc21. The van der Waals surface area contributed by atoms with Gasteiger partial charge in [0.1, 0.15) is 0 Å². The highest BCUT2D eigenvalue weighted by Crippen LogP contribution is 2.35. The van der Waals surface area contributed by atoms with Gasteiger partial charge in [-0.2, -0.15) is 0 Å². The van der Waals surface area contributed by atoms with Crippen molar-refractivity contribution in [3.63, 3.8) is 0 Å². The molecule has 18 heavy (non-hydrogen) atoms. The molecule has 0 aliphatic heterocycles. The van der Waals surface area contributed by atoms with E-state index in [2.05, 4.69) is 16.8 Å². The van der Waals surface area contributed by atoms with Gasteiger partial charge in [0.05, 0.1) is 18.1 Å². The van der Waals surface area contributed by atoms with Crippen LogP contribution in [-0.2, 0) is 11.2 Å². The van der Waals surface area contributed by atoms with E-state index >= 15 is 0 Å². The van der Waals surface area contributed by atoms with Crippen molar-refractivity contribution in [1.82, 2.24) is 5.32 Å². The van der Waals surface area contributed by atoms with Crippen LogP contribution in [0.3, 0.4) is 0 Å². The van der Waals surface area contributed by atoms with Gasteiger partial charge in [0.25, 0.3) is 0 Å². The summed E-state index contributed by atoms with van der Waals surface area (Å²) in [6.07, 6.45) is 3.83. The zero-order valence-electron chi connectivity index (χ0n) is 11.0. The maximum atomic E-state index is 12.4. The smallest absolute Gasteiger partial charge is 0.228 e. The van der Waals surface area contributed by atoms with Crippen molar-refractivity contribution in [3.8, 4) is 0 Å². The number of carbonyl (C=O) groups is 1. The molecule has 4 heteroatoms. The van der Waals surface area contributed by atoms with Crippen molar-refractivity contribution >= 4 is 17.2 Å². The van der Waals surface area contributed by atoms with Gasteiger partial charge in [-0.3, -0.25) is 4.79 Å². The zero-order valence-corrected chi connectivity index (χ0v) is 11.8. The third-order valence-electron chi connectivity index (χ3n) is 3.92. The summed E-state index contributed by atoms with van der Waals surface area (Å²) in [5.41, 5.74) is 0.699. The van der Waals surface area contributed by atoms with E-state index in [0.717, 1.165) is 25.7 Å². The van der Waals surface area contributed by atoms with Crippen LogP contribution in [0, 0.1) is 0 Å². The highest BCUT2D eigenvalue weighted by atomic mass is 32.1. The molecule has 1 aliphatic rings. The molecule has 0 bridgehead atoms. The van der Waals surface area contributed by atoms with Crippen LogP contribution in [0.4, 0.5) is 0 Å². The Labute approximate surface area is 112 Å². The fourth-order valence-electron chi connectivity index (χ4n) is 2.38. The molecule has 0 radical (unpaired) electrons. The number of rotatable bonds is 4. The van der Waals surface area contributed by atoms with E-state index < -0.39 is 5.54 Å². The Morgan fingerprint density at radius 3 is 3.11 bits per heavy atom. The van der Waals surface area contributed by atoms with E-state index in [1.165, 1.54) is 10.4 Å². The van der Waals surface area contributed by atoms with Crippen molar-refractivity contribution < 1.29 is 9.90 Å². The molecule has 1 aliphatic carbocycles. The van der Waals surface area contributed by atoms with E-state index in [4.69, 9.17) is 0 Å². The molecule has 0 aromatic carbocycles. The lowest BCUT2D eigenvalue weighted by molar-refractivity contribution is -0.125. The largest absolute Gasteiger partial charge is 0.394 e. The highest BCUT2D eigenvalue weighted by Gasteiger charge is 2.31. The number of hydrogen-bond donors (Lipinski definition) is 2. The van der Waals surface area contributed by atoms with Crippen LogP contribution in [0.1, 0.15) is 49.5 Å². The minimum atomic E-state index is -0.495. The molecule has 3 nitrogen and oxygen atoms in total. The number of aliphatic hydroxyl groups is 1. The summed E-state index contributed by atoms with van der Waals surface area (Å²) in [5, 5.41) is 14.5. The normalized spacial score (nSPS) is 22.1. The van der Waals surface area contributed by atoms with Crippen LogP contribution in [-0.4, -0.2) is 23.2 Å². The lowest BCUT2D eigenvalue weighted by atomic mass is 9.86. The van der Waals surface area contributed by atoms with Gasteiger partial charge in [-0.1, -0.05) is 6.92 Å². The van der Waals surface area contributed by atoms with Gasteiger partial charge < -0.3 is 10.4 Å². The molecule has 2 atom stereocenters. The molecule has 0 saturated carbocycles. The Kier molecular flexibility index (Phi) is 4.07. The quantitative estimate of drug-likeness (QED) is 0.880. The predicted octanol–water partition coefficient (Wildman–Crippen LogP) is 2.45. The van der Waals surface area contributed by atoms with E-state index in [1.54, 1.807) is 11.3 Å². The van der Waals surface area contributed by atoms with Crippen LogP contribution in [0.5, 0.6) is 0 Å². The second-order valence-electron chi connectivity index (χ2n) is 5.31. The first-order valence-electron chi connectivity index (χ1n) is 6.59. The summed E-state index contributed by atoms with van der Waals surface area (Å²) in [5.74, 6) is 0.0326. The van der Waals surface area contributed by atoms with E-state index in [0.29, 0.717) is 0 Å². The molecule has 0 fully saturated rings. The Morgan fingerprint density at radius 1 is 1.67 bits per heavy atom. The minimum absolute atomic E-state index is 0.0154. The number of thiophene rings is 1. The predicted molar refractivity (Wildman–Crippen MR) is 73.9 cm³/mol. The fourth-order valence-corrected chi connectivity index (χ4v) is 3.37. The minimum Gasteiger partial charge on any atom is -0.394 e. The first-order valence-corrected chi connectivity index (χ1v) is 7.47. The topological polar surface area (TPSA) is 49.3 Å². The molecule has 1 amide bonds. The standard InChI is InChI=1S/C14H21NO2S/c1-3-14(2,9-16)15-13(17)11-5-4-6-12-10(11)7-8-18-12/h7-8,11,16H,3-6,9H2,1-2H3,(H,15,17). The number of nitrogens with one attached hydrogen (secondary N) is 1. The molecule has 100 valence electrons. The third-order valence-corrected chi connectivity index (χ3v) is 4.92. The Hall–Kier alpha value is -0.870. The summed E-state index contributed by atoms with van der Waals surface area (Å²) >= 11 is 1.75. The number of hydrogen-bond acceptors (Lipinski definition) is 3.